The number of fused-ring (bicyclic) bond motifs is 2. The van der Waals surface area contributed by atoms with Crippen molar-refractivity contribution in [1.82, 2.24) is 24.8 Å². The molecule has 0 aliphatic carbocycles. The van der Waals surface area contributed by atoms with Crippen LogP contribution in [0.2, 0.25) is 0 Å². The zero-order valence-corrected chi connectivity index (χ0v) is 17.1. The van der Waals surface area contributed by atoms with Crippen LogP contribution in [0.1, 0.15) is 5.82 Å². The van der Waals surface area contributed by atoms with Crippen molar-refractivity contribution in [3.8, 4) is 17.0 Å². The Balaban J connectivity index is 1.54. The van der Waals surface area contributed by atoms with Crippen LogP contribution in [0, 0.1) is 5.82 Å². The highest BCUT2D eigenvalue weighted by molar-refractivity contribution is 5.76. The third kappa shape index (κ3) is 4.07. The number of halogens is 4. The molecule has 1 atom stereocenters. The topological polar surface area (TPSA) is 104 Å². The Bertz CT molecular complexity index is 1390. The fraction of sp³-hybridized carbons (Fsp3) is 0.190. The molecule has 0 spiro atoms. The lowest BCUT2D eigenvalue weighted by Gasteiger charge is -2.37. The summed E-state index contributed by atoms with van der Waals surface area (Å²) < 4.78 is 64.6. The molecule has 1 unspecified atom stereocenters. The molecule has 0 amide bonds. The summed E-state index contributed by atoms with van der Waals surface area (Å²) in [6, 6.07) is 11.9. The molecule has 1 N–H and O–H groups in total. The van der Waals surface area contributed by atoms with Crippen molar-refractivity contribution in [2.24, 2.45) is 0 Å². The summed E-state index contributed by atoms with van der Waals surface area (Å²) in [5.74, 6) is -4.59. The molecule has 0 fully saturated rings. The molecular weight excluding hydrogens is 460 g/mol. The number of aromatic nitrogens is 5. The predicted octanol–water partition coefficient (Wildman–Crippen LogP) is 3.17. The normalized spacial score (nSPS) is 17.5. The van der Waals surface area contributed by atoms with E-state index in [1.807, 2.05) is 0 Å². The van der Waals surface area contributed by atoms with Crippen LogP contribution in [-0.2, 0) is 16.0 Å². The molecule has 174 valence electrons. The standard InChI is InChI=1S/C21H14F4N6O3/c22-13-4-1-3-12(9-13)14-6-7-16-28-29-17(31(16)30-14)10-20(34-19(32)21(23,24)25)11-27-18-15(33-20)5-2-8-26-18/h1-9H,10-11H2,(H,26,27). The number of carbonyl (C=O) groups excluding carboxylic acids is 1. The second kappa shape index (κ2) is 7.93. The number of hydrogen-bond donors (Lipinski definition) is 1. The number of hydrogen-bond acceptors (Lipinski definition) is 8. The van der Waals surface area contributed by atoms with Crippen molar-refractivity contribution in [2.75, 3.05) is 11.9 Å². The molecule has 5 rings (SSSR count). The van der Waals surface area contributed by atoms with Gasteiger partial charge in [-0.1, -0.05) is 12.1 Å². The van der Waals surface area contributed by atoms with E-state index in [0.717, 1.165) is 0 Å². The largest absolute Gasteiger partial charge is 0.491 e. The Morgan fingerprint density at radius 1 is 1.18 bits per heavy atom. The number of esters is 1. The van der Waals surface area contributed by atoms with Gasteiger partial charge < -0.3 is 14.8 Å². The summed E-state index contributed by atoms with van der Waals surface area (Å²) in [5, 5.41) is 15.2. The molecule has 0 bridgehead atoms. The van der Waals surface area contributed by atoms with Crippen molar-refractivity contribution in [3.63, 3.8) is 0 Å². The smallest absolute Gasteiger partial charge is 0.446 e. The summed E-state index contributed by atoms with van der Waals surface area (Å²) >= 11 is 0. The van der Waals surface area contributed by atoms with Gasteiger partial charge in [-0.25, -0.2) is 14.2 Å². The van der Waals surface area contributed by atoms with Crippen LogP contribution in [0.5, 0.6) is 5.75 Å². The number of rotatable bonds is 4. The van der Waals surface area contributed by atoms with Crippen LogP contribution in [-0.4, -0.2) is 49.3 Å². The summed E-state index contributed by atoms with van der Waals surface area (Å²) in [5.41, 5.74) is 1.11. The first-order valence-electron chi connectivity index (χ1n) is 9.88. The van der Waals surface area contributed by atoms with Crippen LogP contribution in [0.25, 0.3) is 16.9 Å². The van der Waals surface area contributed by atoms with Crippen LogP contribution >= 0.6 is 0 Å². The quantitative estimate of drug-likeness (QED) is 0.356. The number of carbonyl (C=O) groups is 1. The second-order valence-corrected chi connectivity index (χ2v) is 7.40. The second-order valence-electron chi connectivity index (χ2n) is 7.40. The summed E-state index contributed by atoms with van der Waals surface area (Å²) in [7, 11) is 0. The maximum atomic E-state index is 13.7. The van der Waals surface area contributed by atoms with Crippen molar-refractivity contribution >= 4 is 17.4 Å². The molecule has 0 radical (unpaired) electrons. The number of nitrogens with zero attached hydrogens (tertiary/aromatic N) is 5. The number of anilines is 1. The minimum Gasteiger partial charge on any atom is -0.446 e. The SMILES string of the molecule is O=C(OC1(Cc2nnc3ccc(-c4cccc(F)c4)nn23)CNc2ncccc2O1)C(F)(F)F. The van der Waals surface area contributed by atoms with E-state index in [0.29, 0.717) is 11.3 Å². The highest BCUT2D eigenvalue weighted by Gasteiger charge is 2.50. The maximum absolute atomic E-state index is 13.7. The zero-order chi connectivity index (χ0) is 23.9. The van der Waals surface area contributed by atoms with Gasteiger partial charge in [0.2, 0.25) is 0 Å². The molecule has 0 saturated heterocycles. The van der Waals surface area contributed by atoms with Gasteiger partial charge in [-0.3, -0.25) is 0 Å². The van der Waals surface area contributed by atoms with E-state index in [1.165, 1.54) is 41.0 Å². The number of nitrogens with one attached hydrogen (secondary N) is 1. The first kappa shape index (κ1) is 21.6. The zero-order valence-electron chi connectivity index (χ0n) is 17.1. The molecule has 0 saturated carbocycles. The molecule has 4 aromatic rings. The summed E-state index contributed by atoms with van der Waals surface area (Å²) in [6.45, 7) is -0.350. The monoisotopic (exact) mass is 474 g/mol. The summed E-state index contributed by atoms with van der Waals surface area (Å²) in [4.78, 5) is 15.8. The lowest BCUT2D eigenvalue weighted by atomic mass is 10.1. The number of benzene rings is 1. The average Bonchev–Trinajstić information content (AvgIpc) is 3.20. The van der Waals surface area contributed by atoms with E-state index >= 15 is 0 Å². The van der Waals surface area contributed by atoms with Gasteiger partial charge in [-0.15, -0.1) is 10.2 Å². The molecular formula is C21H14F4N6O3. The average molecular weight is 474 g/mol. The lowest BCUT2D eigenvalue weighted by Crippen LogP contribution is -2.53. The van der Waals surface area contributed by atoms with Crippen LogP contribution in [0.3, 0.4) is 0 Å². The van der Waals surface area contributed by atoms with E-state index in [-0.39, 0.29) is 29.6 Å². The van der Waals surface area contributed by atoms with Crippen molar-refractivity contribution < 1.29 is 31.8 Å². The first-order valence-corrected chi connectivity index (χ1v) is 9.88. The molecule has 1 aliphatic heterocycles. The molecule has 13 heteroatoms. The van der Waals surface area contributed by atoms with Gasteiger partial charge in [0.15, 0.2) is 23.0 Å². The molecule has 34 heavy (non-hydrogen) atoms. The first-order chi connectivity index (χ1) is 16.2. The Morgan fingerprint density at radius 3 is 2.82 bits per heavy atom. The molecule has 3 aromatic heterocycles. The van der Waals surface area contributed by atoms with Gasteiger partial charge in [0.05, 0.1) is 18.7 Å². The predicted molar refractivity (Wildman–Crippen MR) is 108 cm³/mol. The lowest BCUT2D eigenvalue weighted by molar-refractivity contribution is -0.238. The fourth-order valence-corrected chi connectivity index (χ4v) is 3.47. The third-order valence-corrected chi connectivity index (χ3v) is 4.98. The minimum atomic E-state index is -5.25. The molecule has 4 heterocycles. The third-order valence-electron chi connectivity index (χ3n) is 4.98. The van der Waals surface area contributed by atoms with E-state index < -0.39 is 30.2 Å². The Kier molecular flexibility index (Phi) is 5.03. The van der Waals surface area contributed by atoms with Crippen molar-refractivity contribution in [1.29, 1.82) is 0 Å². The van der Waals surface area contributed by atoms with Crippen LogP contribution in [0.4, 0.5) is 23.4 Å². The molecule has 1 aromatic carbocycles. The fourth-order valence-electron chi connectivity index (χ4n) is 3.47. The van der Waals surface area contributed by atoms with Gasteiger partial charge in [0.1, 0.15) is 5.82 Å². The van der Waals surface area contributed by atoms with E-state index in [2.05, 4.69) is 25.6 Å². The van der Waals surface area contributed by atoms with Gasteiger partial charge in [-0.05, 0) is 36.4 Å². The van der Waals surface area contributed by atoms with E-state index in [1.54, 1.807) is 18.2 Å². The summed E-state index contributed by atoms with van der Waals surface area (Å²) in [6.07, 6.45) is -4.22. The van der Waals surface area contributed by atoms with Gasteiger partial charge >= 0.3 is 12.1 Å². The number of pyridine rings is 1. The van der Waals surface area contributed by atoms with Crippen LogP contribution < -0.4 is 10.1 Å². The Labute approximate surface area is 188 Å². The van der Waals surface area contributed by atoms with Crippen molar-refractivity contribution in [2.45, 2.75) is 18.4 Å². The van der Waals surface area contributed by atoms with E-state index in [9.17, 15) is 22.4 Å². The van der Waals surface area contributed by atoms with Crippen LogP contribution in [0.15, 0.2) is 54.7 Å². The van der Waals surface area contributed by atoms with Crippen molar-refractivity contribution in [3.05, 3.63) is 66.4 Å². The molecule has 9 nitrogen and oxygen atoms in total. The minimum absolute atomic E-state index is 0.0531. The highest BCUT2D eigenvalue weighted by Crippen LogP contribution is 2.35. The Hall–Kier alpha value is -4.29. The Morgan fingerprint density at radius 2 is 2.03 bits per heavy atom. The maximum Gasteiger partial charge on any atom is 0.491 e. The number of ether oxygens (including phenoxy) is 2. The molecule has 1 aliphatic rings. The number of alkyl halides is 3. The van der Waals surface area contributed by atoms with Gasteiger partial charge in [0.25, 0.3) is 5.79 Å². The van der Waals surface area contributed by atoms with E-state index in [4.69, 9.17) is 9.47 Å². The van der Waals surface area contributed by atoms with Gasteiger partial charge in [-0.2, -0.15) is 22.8 Å². The van der Waals surface area contributed by atoms with Gasteiger partial charge in [0, 0.05) is 11.8 Å². The highest BCUT2D eigenvalue weighted by atomic mass is 19.4.